The lowest BCUT2D eigenvalue weighted by molar-refractivity contribution is -0.129. The van der Waals surface area contributed by atoms with Crippen LogP contribution < -0.4 is 20.1 Å². The van der Waals surface area contributed by atoms with Gasteiger partial charge in [-0.2, -0.15) is 4.72 Å². The van der Waals surface area contributed by atoms with Gasteiger partial charge in [-0.05, 0) is 49.6 Å². The zero-order valence-corrected chi connectivity index (χ0v) is 18.3. The van der Waals surface area contributed by atoms with Crippen molar-refractivity contribution in [2.45, 2.75) is 49.2 Å². The van der Waals surface area contributed by atoms with E-state index in [9.17, 15) is 18.0 Å². The summed E-state index contributed by atoms with van der Waals surface area (Å²) in [6.07, 6.45) is 2.16. The van der Waals surface area contributed by atoms with Gasteiger partial charge in [0.1, 0.15) is 11.8 Å². The van der Waals surface area contributed by atoms with Crippen LogP contribution in [0.25, 0.3) is 0 Å². The summed E-state index contributed by atoms with van der Waals surface area (Å²) in [6, 6.07) is 13.5. The van der Waals surface area contributed by atoms with Crippen molar-refractivity contribution in [3.63, 3.8) is 0 Å². The summed E-state index contributed by atoms with van der Waals surface area (Å²) in [7, 11) is -2.43. The number of sulfonamides is 1. The monoisotopic (exact) mass is 445 g/mol. The zero-order chi connectivity index (χ0) is 22.4. The number of hydrogen-bond donors (Lipinski definition) is 3. The van der Waals surface area contributed by atoms with Gasteiger partial charge >= 0.3 is 0 Å². The fourth-order valence-corrected chi connectivity index (χ4v) is 4.20. The highest BCUT2D eigenvalue weighted by atomic mass is 32.2. The van der Waals surface area contributed by atoms with Crippen LogP contribution in [0.5, 0.6) is 5.75 Å². The molecule has 0 aromatic heterocycles. The maximum Gasteiger partial charge on any atom is 0.243 e. The molecule has 1 aliphatic carbocycles. The van der Waals surface area contributed by atoms with Crippen molar-refractivity contribution >= 4 is 21.8 Å². The number of benzene rings is 2. The quantitative estimate of drug-likeness (QED) is 0.511. The second-order valence-corrected chi connectivity index (χ2v) is 9.27. The number of ether oxygens (including phenoxy) is 1. The molecule has 9 heteroatoms. The standard InChI is InChI=1S/C22H27N3O5S/c1-15(25-31(28,29)19-12-10-18(30-2)11-13-19)21(26)24-20(22(27)23-17-8-9-17)14-16-6-4-3-5-7-16/h3-7,10-13,15,17,20,25H,8-9,14H2,1-2H3,(H,23,27)(H,24,26)/t15-,20?/m0/s1. The van der Waals surface area contributed by atoms with Crippen LogP contribution in [0, 0.1) is 0 Å². The second-order valence-electron chi connectivity index (χ2n) is 7.55. The van der Waals surface area contributed by atoms with Crippen LogP contribution in [-0.4, -0.2) is 45.5 Å². The normalized spacial score (nSPS) is 15.5. The predicted octanol–water partition coefficient (Wildman–Crippen LogP) is 1.37. The SMILES string of the molecule is COc1ccc(S(=O)(=O)N[C@@H](C)C(=O)NC(Cc2ccccc2)C(=O)NC2CC2)cc1. The first-order valence-electron chi connectivity index (χ1n) is 10.1. The lowest BCUT2D eigenvalue weighted by atomic mass is 10.0. The first-order valence-corrected chi connectivity index (χ1v) is 11.6. The van der Waals surface area contributed by atoms with Crippen molar-refractivity contribution in [2.24, 2.45) is 0 Å². The van der Waals surface area contributed by atoms with Crippen LogP contribution in [0.15, 0.2) is 59.5 Å². The van der Waals surface area contributed by atoms with E-state index in [2.05, 4.69) is 15.4 Å². The Bertz CT molecular complexity index is 1010. The summed E-state index contributed by atoms with van der Waals surface area (Å²) in [5.41, 5.74) is 0.894. The molecule has 0 aliphatic heterocycles. The topological polar surface area (TPSA) is 114 Å². The third kappa shape index (κ3) is 6.53. The molecule has 2 atom stereocenters. The Balaban J connectivity index is 1.66. The van der Waals surface area contributed by atoms with Gasteiger partial charge in [0.25, 0.3) is 0 Å². The van der Waals surface area contributed by atoms with Gasteiger partial charge in [0, 0.05) is 12.5 Å². The Labute approximate surface area is 182 Å². The van der Waals surface area contributed by atoms with E-state index in [1.54, 1.807) is 0 Å². The van der Waals surface area contributed by atoms with Crippen molar-refractivity contribution < 1.29 is 22.7 Å². The lowest BCUT2D eigenvalue weighted by Crippen LogP contribution is -2.53. The Morgan fingerprint density at radius 2 is 1.68 bits per heavy atom. The van der Waals surface area contributed by atoms with Gasteiger partial charge < -0.3 is 15.4 Å². The molecule has 3 rings (SSSR count). The molecule has 0 heterocycles. The van der Waals surface area contributed by atoms with Gasteiger partial charge in [0.2, 0.25) is 21.8 Å². The van der Waals surface area contributed by atoms with Gasteiger partial charge in [-0.1, -0.05) is 30.3 Å². The summed E-state index contributed by atoms with van der Waals surface area (Å²) in [5, 5.41) is 5.59. The molecule has 8 nitrogen and oxygen atoms in total. The van der Waals surface area contributed by atoms with Gasteiger partial charge in [0.05, 0.1) is 18.0 Å². The fraction of sp³-hybridized carbons (Fsp3) is 0.364. The molecule has 166 valence electrons. The van der Waals surface area contributed by atoms with Gasteiger partial charge in [-0.3, -0.25) is 9.59 Å². The van der Waals surface area contributed by atoms with Crippen LogP contribution >= 0.6 is 0 Å². The first-order chi connectivity index (χ1) is 14.8. The number of carbonyl (C=O) groups is 2. The third-order valence-electron chi connectivity index (χ3n) is 4.93. The molecule has 1 unspecified atom stereocenters. The molecule has 0 spiro atoms. The maximum absolute atomic E-state index is 12.7. The van der Waals surface area contributed by atoms with Gasteiger partial charge in [-0.25, -0.2) is 8.42 Å². The summed E-state index contributed by atoms with van der Waals surface area (Å²) in [4.78, 5) is 25.4. The summed E-state index contributed by atoms with van der Waals surface area (Å²) in [5.74, 6) is -0.330. The average Bonchev–Trinajstić information content (AvgIpc) is 3.57. The highest BCUT2D eigenvalue weighted by molar-refractivity contribution is 7.89. The lowest BCUT2D eigenvalue weighted by Gasteiger charge is -2.21. The van der Waals surface area contributed by atoms with Gasteiger partial charge in [-0.15, -0.1) is 0 Å². The molecule has 0 bridgehead atoms. The third-order valence-corrected chi connectivity index (χ3v) is 6.49. The molecule has 0 radical (unpaired) electrons. The smallest absolute Gasteiger partial charge is 0.243 e. The zero-order valence-electron chi connectivity index (χ0n) is 17.5. The Hall–Kier alpha value is -2.91. The fourth-order valence-electron chi connectivity index (χ4n) is 2.99. The van der Waals surface area contributed by atoms with E-state index >= 15 is 0 Å². The molecule has 2 aromatic carbocycles. The summed E-state index contributed by atoms with van der Waals surface area (Å²) < 4.78 is 32.6. The molecule has 1 fully saturated rings. The van der Waals surface area contributed by atoms with Crippen molar-refractivity contribution in [3.05, 3.63) is 60.2 Å². The van der Waals surface area contributed by atoms with E-state index in [1.807, 2.05) is 30.3 Å². The number of nitrogens with one attached hydrogen (secondary N) is 3. The number of carbonyl (C=O) groups excluding carboxylic acids is 2. The molecular weight excluding hydrogens is 418 g/mol. The summed E-state index contributed by atoms with van der Waals surface area (Å²) >= 11 is 0. The predicted molar refractivity (Wildman–Crippen MR) is 116 cm³/mol. The van der Waals surface area contributed by atoms with Crippen molar-refractivity contribution in [1.82, 2.24) is 15.4 Å². The molecular formula is C22H27N3O5S. The largest absolute Gasteiger partial charge is 0.497 e. The van der Waals surface area contributed by atoms with E-state index in [0.717, 1.165) is 18.4 Å². The summed E-state index contributed by atoms with van der Waals surface area (Å²) in [6.45, 7) is 1.44. The van der Waals surface area contributed by atoms with Crippen molar-refractivity contribution in [2.75, 3.05) is 7.11 Å². The van der Waals surface area contributed by atoms with E-state index in [1.165, 1.54) is 38.3 Å². The Morgan fingerprint density at radius 3 is 2.26 bits per heavy atom. The number of hydrogen-bond acceptors (Lipinski definition) is 5. The van der Waals surface area contributed by atoms with E-state index in [4.69, 9.17) is 4.74 Å². The highest BCUT2D eigenvalue weighted by Gasteiger charge is 2.30. The van der Waals surface area contributed by atoms with Crippen LogP contribution in [0.2, 0.25) is 0 Å². The minimum absolute atomic E-state index is 0.0141. The molecule has 1 saturated carbocycles. The Morgan fingerprint density at radius 1 is 1.03 bits per heavy atom. The van der Waals surface area contributed by atoms with E-state index in [0.29, 0.717) is 12.2 Å². The molecule has 0 saturated heterocycles. The average molecular weight is 446 g/mol. The second kappa shape index (κ2) is 9.93. The minimum atomic E-state index is -3.92. The van der Waals surface area contributed by atoms with E-state index < -0.39 is 28.0 Å². The molecule has 3 N–H and O–H groups in total. The van der Waals surface area contributed by atoms with Gasteiger partial charge in [0.15, 0.2) is 0 Å². The maximum atomic E-state index is 12.7. The first kappa shape index (κ1) is 22.8. The minimum Gasteiger partial charge on any atom is -0.497 e. The van der Waals surface area contributed by atoms with Crippen LogP contribution in [0.1, 0.15) is 25.3 Å². The number of methoxy groups -OCH3 is 1. The molecule has 2 amide bonds. The number of rotatable bonds is 10. The van der Waals surface area contributed by atoms with Crippen LogP contribution in [0.3, 0.4) is 0 Å². The molecule has 2 aromatic rings. The van der Waals surface area contributed by atoms with E-state index in [-0.39, 0.29) is 16.8 Å². The highest BCUT2D eigenvalue weighted by Crippen LogP contribution is 2.19. The van der Waals surface area contributed by atoms with Crippen molar-refractivity contribution in [1.29, 1.82) is 0 Å². The van der Waals surface area contributed by atoms with Crippen LogP contribution in [0.4, 0.5) is 0 Å². The van der Waals surface area contributed by atoms with Crippen molar-refractivity contribution in [3.8, 4) is 5.75 Å². The Kier molecular flexibility index (Phi) is 7.29. The molecule has 1 aliphatic rings. The van der Waals surface area contributed by atoms with Crippen LogP contribution in [-0.2, 0) is 26.0 Å². The molecule has 31 heavy (non-hydrogen) atoms. The number of amides is 2.